The van der Waals surface area contributed by atoms with Crippen LogP contribution in [0.1, 0.15) is 17.2 Å². The Morgan fingerprint density at radius 2 is 2.14 bits per heavy atom. The number of rotatable bonds is 3. The highest BCUT2D eigenvalue weighted by Gasteiger charge is 2.07. The third kappa shape index (κ3) is 2.87. The van der Waals surface area contributed by atoms with Crippen molar-refractivity contribution in [3.8, 4) is 5.75 Å². The molecule has 1 rings (SSSR count). The van der Waals surface area contributed by atoms with E-state index in [9.17, 15) is 0 Å². The van der Waals surface area contributed by atoms with E-state index in [4.69, 9.17) is 15.6 Å². The first-order valence-electron chi connectivity index (χ1n) is 4.20. The zero-order valence-corrected chi connectivity index (χ0v) is 9.17. The summed E-state index contributed by atoms with van der Waals surface area (Å²) in [6, 6.07) is 5.34. The largest absolute Gasteiger partial charge is 0.497 e. The fourth-order valence-electron chi connectivity index (χ4n) is 1.29. The fourth-order valence-corrected chi connectivity index (χ4v) is 1.29. The van der Waals surface area contributed by atoms with Crippen molar-refractivity contribution in [3.05, 3.63) is 29.3 Å². The monoisotopic (exact) mass is 217 g/mol. The lowest BCUT2D eigenvalue weighted by atomic mass is 10.0. The van der Waals surface area contributed by atoms with Crippen LogP contribution in [0.2, 0.25) is 0 Å². The van der Waals surface area contributed by atoms with E-state index in [1.54, 1.807) is 7.11 Å². The van der Waals surface area contributed by atoms with Gasteiger partial charge in [-0.15, -0.1) is 12.4 Å². The van der Waals surface area contributed by atoms with Crippen LogP contribution in [-0.4, -0.2) is 18.8 Å². The molecule has 0 fully saturated rings. The zero-order valence-electron chi connectivity index (χ0n) is 8.36. The molecule has 1 aromatic rings. The topological polar surface area (TPSA) is 55.5 Å². The second-order valence-electron chi connectivity index (χ2n) is 3.01. The Balaban J connectivity index is 0.00000169. The SMILES string of the molecule is COc1ccc([C@@H](N)CO)c(C)c1.Cl. The minimum absolute atomic E-state index is 0. The first kappa shape index (κ1) is 13.2. The van der Waals surface area contributed by atoms with Crippen LogP contribution in [0.25, 0.3) is 0 Å². The summed E-state index contributed by atoms with van der Waals surface area (Å²) in [4.78, 5) is 0. The smallest absolute Gasteiger partial charge is 0.119 e. The minimum atomic E-state index is -0.300. The van der Waals surface area contributed by atoms with E-state index in [0.717, 1.165) is 16.9 Å². The van der Waals surface area contributed by atoms with Gasteiger partial charge in [-0.2, -0.15) is 0 Å². The molecule has 0 saturated heterocycles. The lowest BCUT2D eigenvalue weighted by Gasteiger charge is -2.12. The molecule has 0 unspecified atom stereocenters. The van der Waals surface area contributed by atoms with Crippen molar-refractivity contribution in [1.82, 2.24) is 0 Å². The van der Waals surface area contributed by atoms with Crippen LogP contribution in [0.15, 0.2) is 18.2 Å². The number of hydrogen-bond donors (Lipinski definition) is 2. The van der Waals surface area contributed by atoms with Gasteiger partial charge in [0.15, 0.2) is 0 Å². The van der Waals surface area contributed by atoms with Gasteiger partial charge in [0.25, 0.3) is 0 Å². The molecule has 0 aliphatic carbocycles. The van der Waals surface area contributed by atoms with Crippen LogP contribution in [0, 0.1) is 6.92 Å². The molecule has 14 heavy (non-hydrogen) atoms. The Morgan fingerprint density at radius 1 is 1.50 bits per heavy atom. The molecule has 0 bridgehead atoms. The highest BCUT2D eigenvalue weighted by atomic mass is 35.5. The molecule has 0 radical (unpaired) electrons. The molecule has 0 saturated carbocycles. The normalized spacial score (nSPS) is 11.7. The Labute approximate surface area is 90.3 Å². The second-order valence-corrected chi connectivity index (χ2v) is 3.01. The van der Waals surface area contributed by atoms with E-state index in [1.165, 1.54) is 0 Å². The number of hydrogen-bond acceptors (Lipinski definition) is 3. The molecule has 1 aromatic carbocycles. The Kier molecular flexibility index (Phi) is 5.53. The third-order valence-electron chi connectivity index (χ3n) is 2.07. The summed E-state index contributed by atoms with van der Waals surface area (Å²) in [6.07, 6.45) is 0. The van der Waals surface area contributed by atoms with Crippen molar-refractivity contribution in [2.75, 3.05) is 13.7 Å². The van der Waals surface area contributed by atoms with Gasteiger partial charge in [0.1, 0.15) is 5.75 Å². The van der Waals surface area contributed by atoms with E-state index in [1.807, 2.05) is 25.1 Å². The summed E-state index contributed by atoms with van der Waals surface area (Å²) in [5.74, 6) is 0.811. The summed E-state index contributed by atoms with van der Waals surface area (Å²) in [5.41, 5.74) is 7.70. The summed E-state index contributed by atoms with van der Waals surface area (Å²) in [6.45, 7) is 1.92. The maximum absolute atomic E-state index is 8.88. The summed E-state index contributed by atoms with van der Waals surface area (Å²) in [7, 11) is 1.63. The second kappa shape index (κ2) is 5.86. The van der Waals surface area contributed by atoms with Crippen LogP contribution < -0.4 is 10.5 Å². The maximum atomic E-state index is 8.88. The molecule has 80 valence electrons. The van der Waals surface area contributed by atoms with Crippen molar-refractivity contribution in [1.29, 1.82) is 0 Å². The van der Waals surface area contributed by atoms with Gasteiger partial charge in [-0.05, 0) is 30.2 Å². The standard InChI is InChI=1S/C10H15NO2.ClH/c1-7-5-8(13-2)3-4-9(7)10(11)6-12;/h3-5,10,12H,6,11H2,1-2H3;1H/t10-;/m0./s1. The van der Waals surface area contributed by atoms with Crippen molar-refractivity contribution in [3.63, 3.8) is 0 Å². The van der Waals surface area contributed by atoms with Crippen LogP contribution in [0.3, 0.4) is 0 Å². The number of halogens is 1. The summed E-state index contributed by atoms with van der Waals surface area (Å²) in [5, 5.41) is 8.88. The molecule has 0 heterocycles. The highest BCUT2D eigenvalue weighted by Crippen LogP contribution is 2.20. The molecular formula is C10H16ClNO2. The predicted octanol–water partition coefficient (Wildman–Crippen LogP) is 1.42. The van der Waals surface area contributed by atoms with Crippen LogP contribution >= 0.6 is 12.4 Å². The molecular weight excluding hydrogens is 202 g/mol. The molecule has 1 atom stereocenters. The van der Waals surface area contributed by atoms with Crippen molar-refractivity contribution in [2.45, 2.75) is 13.0 Å². The highest BCUT2D eigenvalue weighted by molar-refractivity contribution is 5.85. The number of aryl methyl sites for hydroxylation is 1. The molecule has 0 amide bonds. The lowest BCUT2D eigenvalue weighted by molar-refractivity contribution is 0.267. The first-order chi connectivity index (χ1) is 6.19. The summed E-state index contributed by atoms with van der Waals surface area (Å²) < 4.78 is 5.06. The number of methoxy groups -OCH3 is 1. The van der Waals surface area contributed by atoms with Crippen LogP contribution in [0.5, 0.6) is 5.75 Å². The van der Waals surface area contributed by atoms with Crippen molar-refractivity contribution in [2.24, 2.45) is 5.73 Å². The number of aliphatic hydroxyl groups excluding tert-OH is 1. The van der Waals surface area contributed by atoms with E-state index in [-0.39, 0.29) is 25.1 Å². The van der Waals surface area contributed by atoms with Gasteiger partial charge in [0.2, 0.25) is 0 Å². The average molecular weight is 218 g/mol. The first-order valence-corrected chi connectivity index (χ1v) is 4.20. The zero-order chi connectivity index (χ0) is 9.84. The van der Waals surface area contributed by atoms with E-state index >= 15 is 0 Å². The molecule has 3 nitrogen and oxygen atoms in total. The van der Waals surface area contributed by atoms with E-state index < -0.39 is 0 Å². The lowest BCUT2D eigenvalue weighted by Crippen LogP contribution is -2.15. The van der Waals surface area contributed by atoms with Gasteiger partial charge in [-0.25, -0.2) is 0 Å². The van der Waals surface area contributed by atoms with Crippen LogP contribution in [0.4, 0.5) is 0 Å². The molecule has 0 aliphatic heterocycles. The maximum Gasteiger partial charge on any atom is 0.119 e. The number of ether oxygens (including phenoxy) is 1. The predicted molar refractivity (Wildman–Crippen MR) is 59.0 cm³/mol. The van der Waals surface area contributed by atoms with Gasteiger partial charge >= 0.3 is 0 Å². The number of aliphatic hydroxyl groups is 1. The van der Waals surface area contributed by atoms with E-state index in [2.05, 4.69) is 0 Å². The van der Waals surface area contributed by atoms with E-state index in [0.29, 0.717) is 0 Å². The molecule has 3 N–H and O–H groups in total. The molecule has 0 spiro atoms. The summed E-state index contributed by atoms with van der Waals surface area (Å²) >= 11 is 0. The molecule has 0 aliphatic rings. The van der Waals surface area contributed by atoms with Crippen LogP contribution in [-0.2, 0) is 0 Å². The average Bonchev–Trinajstić information content (AvgIpc) is 2.16. The number of benzene rings is 1. The van der Waals surface area contributed by atoms with Gasteiger partial charge in [0.05, 0.1) is 19.8 Å². The van der Waals surface area contributed by atoms with Gasteiger partial charge in [0, 0.05) is 0 Å². The quantitative estimate of drug-likeness (QED) is 0.805. The fraction of sp³-hybridized carbons (Fsp3) is 0.400. The van der Waals surface area contributed by atoms with Gasteiger partial charge in [-0.1, -0.05) is 6.07 Å². The van der Waals surface area contributed by atoms with Gasteiger partial charge < -0.3 is 15.6 Å². The molecule has 4 heteroatoms. The molecule has 0 aromatic heterocycles. The Bertz CT molecular complexity index is 291. The number of nitrogens with two attached hydrogens (primary N) is 1. The Hall–Kier alpha value is -0.770. The van der Waals surface area contributed by atoms with Crippen molar-refractivity contribution >= 4 is 12.4 Å². The van der Waals surface area contributed by atoms with Crippen molar-refractivity contribution < 1.29 is 9.84 Å². The third-order valence-corrected chi connectivity index (χ3v) is 2.07. The van der Waals surface area contributed by atoms with Gasteiger partial charge in [-0.3, -0.25) is 0 Å². The minimum Gasteiger partial charge on any atom is -0.497 e. The Morgan fingerprint density at radius 3 is 2.57 bits per heavy atom.